The summed E-state index contributed by atoms with van der Waals surface area (Å²) in [4.78, 5) is 30.6. The van der Waals surface area contributed by atoms with Crippen molar-refractivity contribution in [2.75, 3.05) is 10.6 Å². The molecular formula is C21H16ClN3O3S2. The van der Waals surface area contributed by atoms with Gasteiger partial charge in [0.25, 0.3) is 11.8 Å². The van der Waals surface area contributed by atoms with E-state index in [-0.39, 0.29) is 17.6 Å². The summed E-state index contributed by atoms with van der Waals surface area (Å²) in [6.07, 6.45) is 3.87. The van der Waals surface area contributed by atoms with Crippen LogP contribution in [0, 0.1) is 6.92 Å². The lowest BCUT2D eigenvalue weighted by atomic mass is 10.1. The molecule has 152 valence electrons. The lowest BCUT2D eigenvalue weighted by Crippen LogP contribution is -2.11. The summed E-state index contributed by atoms with van der Waals surface area (Å²) < 4.78 is 5.08. The molecule has 0 aliphatic carbocycles. The van der Waals surface area contributed by atoms with Crippen LogP contribution in [0.15, 0.2) is 59.3 Å². The van der Waals surface area contributed by atoms with E-state index in [1.165, 1.54) is 28.9 Å². The van der Waals surface area contributed by atoms with E-state index in [0.29, 0.717) is 26.5 Å². The maximum Gasteiger partial charge on any atom is 0.291 e. The van der Waals surface area contributed by atoms with Crippen molar-refractivity contribution in [3.8, 4) is 0 Å². The standard InChI is InChI=1S/C21H16ClN3O3S2/c1-12-8-17(24-19(26)16-6-3-7-28-16)30-18(12)20(27)25-21-23-11-15(29-21)10-13-4-2-5-14(22)9-13/h2-9,11H,10H2,1H3,(H,24,26)(H,23,25,27). The maximum absolute atomic E-state index is 12.7. The highest BCUT2D eigenvalue weighted by atomic mass is 35.5. The Hall–Kier alpha value is -2.94. The second-order valence-electron chi connectivity index (χ2n) is 6.45. The number of aryl methyl sites for hydroxylation is 1. The van der Waals surface area contributed by atoms with Crippen molar-refractivity contribution in [1.82, 2.24) is 4.98 Å². The monoisotopic (exact) mass is 457 g/mol. The Morgan fingerprint density at radius 1 is 1.10 bits per heavy atom. The number of halogens is 1. The van der Waals surface area contributed by atoms with Crippen molar-refractivity contribution < 1.29 is 14.0 Å². The number of amides is 2. The number of aromatic nitrogens is 1. The van der Waals surface area contributed by atoms with Gasteiger partial charge in [-0.3, -0.25) is 14.9 Å². The Morgan fingerprint density at radius 3 is 2.73 bits per heavy atom. The highest BCUT2D eigenvalue weighted by molar-refractivity contribution is 7.18. The second kappa shape index (κ2) is 8.83. The lowest BCUT2D eigenvalue weighted by Gasteiger charge is -2.01. The van der Waals surface area contributed by atoms with Crippen molar-refractivity contribution in [3.05, 3.63) is 86.6 Å². The van der Waals surface area contributed by atoms with Crippen molar-refractivity contribution >= 4 is 56.2 Å². The summed E-state index contributed by atoms with van der Waals surface area (Å²) in [6, 6.07) is 12.6. The van der Waals surface area contributed by atoms with Crippen LogP contribution in [0.3, 0.4) is 0 Å². The van der Waals surface area contributed by atoms with Gasteiger partial charge in [-0.05, 0) is 48.4 Å². The summed E-state index contributed by atoms with van der Waals surface area (Å²) in [6.45, 7) is 1.82. The number of carbonyl (C=O) groups is 2. The van der Waals surface area contributed by atoms with Gasteiger partial charge < -0.3 is 9.73 Å². The quantitative estimate of drug-likeness (QED) is 0.380. The number of anilines is 2. The molecule has 0 aliphatic rings. The minimum Gasteiger partial charge on any atom is -0.459 e. The van der Waals surface area contributed by atoms with Crippen molar-refractivity contribution in [2.45, 2.75) is 13.3 Å². The molecule has 0 bridgehead atoms. The van der Waals surface area contributed by atoms with Gasteiger partial charge in [0.05, 0.1) is 16.1 Å². The highest BCUT2D eigenvalue weighted by Gasteiger charge is 2.18. The molecule has 4 aromatic rings. The van der Waals surface area contributed by atoms with Gasteiger partial charge in [0, 0.05) is 22.5 Å². The second-order valence-corrected chi connectivity index (χ2v) is 9.05. The number of rotatable bonds is 6. The molecule has 0 saturated carbocycles. The Kier molecular flexibility index (Phi) is 5.98. The number of nitrogens with zero attached hydrogens (tertiary/aromatic N) is 1. The van der Waals surface area contributed by atoms with Crippen LogP contribution < -0.4 is 10.6 Å². The molecule has 6 nitrogen and oxygen atoms in total. The van der Waals surface area contributed by atoms with Crippen molar-refractivity contribution in [2.24, 2.45) is 0 Å². The van der Waals surface area contributed by atoms with Gasteiger partial charge in [0.1, 0.15) is 0 Å². The number of nitrogens with one attached hydrogen (secondary N) is 2. The van der Waals surface area contributed by atoms with Gasteiger partial charge in [0.2, 0.25) is 0 Å². The van der Waals surface area contributed by atoms with E-state index in [2.05, 4.69) is 15.6 Å². The zero-order valence-corrected chi connectivity index (χ0v) is 18.2. The van der Waals surface area contributed by atoms with Crippen LogP contribution in [0.1, 0.15) is 36.2 Å². The van der Waals surface area contributed by atoms with E-state index >= 15 is 0 Å². The normalized spacial score (nSPS) is 10.7. The van der Waals surface area contributed by atoms with Crippen molar-refractivity contribution in [1.29, 1.82) is 0 Å². The first kappa shape index (κ1) is 20.3. The van der Waals surface area contributed by atoms with Gasteiger partial charge in [0.15, 0.2) is 10.9 Å². The van der Waals surface area contributed by atoms with Crippen LogP contribution in [0.4, 0.5) is 10.1 Å². The third-order valence-electron chi connectivity index (χ3n) is 4.15. The number of thiophene rings is 1. The fourth-order valence-corrected chi connectivity index (χ4v) is 4.82. The fourth-order valence-electron chi connectivity index (χ4n) is 2.80. The molecule has 1 aromatic carbocycles. The summed E-state index contributed by atoms with van der Waals surface area (Å²) in [5, 5.41) is 7.35. The molecule has 4 rings (SSSR count). The smallest absolute Gasteiger partial charge is 0.291 e. The highest BCUT2D eigenvalue weighted by Crippen LogP contribution is 2.29. The number of hydrogen-bond acceptors (Lipinski definition) is 6. The lowest BCUT2D eigenvalue weighted by molar-refractivity contribution is 0.0995. The summed E-state index contributed by atoms with van der Waals surface area (Å²) in [7, 11) is 0. The SMILES string of the molecule is Cc1cc(NC(=O)c2ccco2)sc1C(=O)Nc1ncc(Cc2cccc(Cl)c2)s1. The first-order valence-electron chi connectivity index (χ1n) is 8.94. The van der Waals surface area contributed by atoms with E-state index in [4.69, 9.17) is 16.0 Å². The fraction of sp³-hybridized carbons (Fsp3) is 0.0952. The molecule has 0 spiro atoms. The summed E-state index contributed by atoms with van der Waals surface area (Å²) in [5.74, 6) is -0.416. The van der Waals surface area contributed by atoms with Crippen LogP contribution in [0.5, 0.6) is 0 Å². The van der Waals surface area contributed by atoms with E-state index in [1.54, 1.807) is 24.4 Å². The number of benzene rings is 1. The first-order chi connectivity index (χ1) is 14.5. The van der Waals surface area contributed by atoms with Crippen LogP contribution in [0.2, 0.25) is 5.02 Å². The Labute approximate surface area is 185 Å². The maximum atomic E-state index is 12.7. The Balaban J connectivity index is 1.41. The zero-order chi connectivity index (χ0) is 21.1. The number of carbonyl (C=O) groups excluding carboxylic acids is 2. The number of hydrogen-bond donors (Lipinski definition) is 2. The molecular weight excluding hydrogens is 442 g/mol. The molecule has 3 heterocycles. The van der Waals surface area contributed by atoms with Crippen LogP contribution >= 0.6 is 34.3 Å². The van der Waals surface area contributed by atoms with Gasteiger partial charge >= 0.3 is 0 Å². The molecule has 9 heteroatoms. The molecule has 0 radical (unpaired) electrons. The van der Waals surface area contributed by atoms with Crippen LogP contribution in [-0.2, 0) is 6.42 Å². The van der Waals surface area contributed by atoms with Crippen molar-refractivity contribution in [3.63, 3.8) is 0 Å². The largest absolute Gasteiger partial charge is 0.459 e. The number of thiazole rings is 1. The third-order valence-corrected chi connectivity index (χ3v) is 6.45. The molecule has 0 aliphatic heterocycles. The van der Waals surface area contributed by atoms with E-state index in [1.807, 2.05) is 31.2 Å². The molecule has 3 aromatic heterocycles. The summed E-state index contributed by atoms with van der Waals surface area (Å²) in [5.41, 5.74) is 1.85. The van der Waals surface area contributed by atoms with Gasteiger partial charge in [-0.2, -0.15) is 0 Å². The average molecular weight is 458 g/mol. The Bertz CT molecular complexity index is 1200. The third kappa shape index (κ3) is 4.79. The molecule has 2 amide bonds. The van der Waals surface area contributed by atoms with Gasteiger partial charge in [-0.25, -0.2) is 4.98 Å². The first-order valence-corrected chi connectivity index (χ1v) is 10.9. The average Bonchev–Trinajstić information content (AvgIpc) is 3.44. The zero-order valence-electron chi connectivity index (χ0n) is 15.8. The number of furan rings is 1. The Morgan fingerprint density at radius 2 is 1.97 bits per heavy atom. The van der Waals surface area contributed by atoms with Crippen LogP contribution in [0.25, 0.3) is 0 Å². The van der Waals surface area contributed by atoms with E-state index in [0.717, 1.165) is 16.0 Å². The molecule has 30 heavy (non-hydrogen) atoms. The van der Waals surface area contributed by atoms with E-state index in [9.17, 15) is 9.59 Å². The minimum atomic E-state index is -0.362. The van der Waals surface area contributed by atoms with Gasteiger partial charge in [-0.1, -0.05) is 23.7 Å². The molecule has 2 N–H and O–H groups in total. The summed E-state index contributed by atoms with van der Waals surface area (Å²) >= 11 is 8.65. The predicted octanol–water partition coefficient (Wildman–Crippen LogP) is 5.85. The predicted molar refractivity (Wildman–Crippen MR) is 120 cm³/mol. The molecule has 0 unspecified atom stereocenters. The van der Waals surface area contributed by atoms with Gasteiger partial charge in [-0.15, -0.1) is 22.7 Å². The minimum absolute atomic E-state index is 0.210. The molecule has 0 atom stereocenters. The topological polar surface area (TPSA) is 84.2 Å². The van der Waals surface area contributed by atoms with E-state index < -0.39 is 0 Å². The van der Waals surface area contributed by atoms with Crippen LogP contribution in [-0.4, -0.2) is 16.8 Å². The molecule has 0 saturated heterocycles. The molecule has 0 fully saturated rings.